The SMILES string of the molecule is CCOC(=O)CN1CCN(CCCOc2cccc(-c3ccc(N4CCc5cccc(C(=O)Nc6nc7ccccc7s6)c5C4)nc3C(=O)OC(C)(C)C)c2C)C[C@H]1C(F)(F)F.CCOC(=O)CN1CCN(CCCOc2cccc(Br)c2C)C[C@H]1C(F)(F)F. The molecule has 0 saturated carbocycles. The number of amides is 1. The van der Waals surface area contributed by atoms with Gasteiger partial charge in [-0.15, -0.1) is 0 Å². The maximum Gasteiger partial charge on any atom is 0.405 e. The summed E-state index contributed by atoms with van der Waals surface area (Å²) in [6.45, 7) is 15.3. The highest BCUT2D eigenvalue weighted by molar-refractivity contribution is 9.10. The van der Waals surface area contributed by atoms with E-state index in [9.17, 15) is 45.5 Å². The highest BCUT2D eigenvalue weighted by Crippen LogP contribution is 2.37. The first-order chi connectivity index (χ1) is 42.8. The second-order valence-electron chi connectivity index (χ2n) is 23.1. The lowest BCUT2D eigenvalue weighted by molar-refractivity contribution is -0.200. The highest BCUT2D eigenvalue weighted by atomic mass is 79.9. The predicted molar refractivity (Wildman–Crippen MR) is 336 cm³/mol. The Morgan fingerprint density at radius 1 is 0.667 bits per heavy atom. The van der Waals surface area contributed by atoms with Crippen molar-refractivity contribution in [2.45, 2.75) is 104 Å². The van der Waals surface area contributed by atoms with Crippen LogP contribution in [0.3, 0.4) is 0 Å². The summed E-state index contributed by atoms with van der Waals surface area (Å²) in [6, 6.07) is 24.9. The third kappa shape index (κ3) is 18.6. The zero-order valence-corrected chi connectivity index (χ0v) is 54.0. The number of pyridine rings is 1. The van der Waals surface area contributed by atoms with E-state index in [0.29, 0.717) is 98.5 Å². The van der Waals surface area contributed by atoms with Gasteiger partial charge in [-0.1, -0.05) is 69.7 Å². The Bertz CT molecular complexity index is 3420. The Labute approximate surface area is 533 Å². The van der Waals surface area contributed by atoms with Crippen molar-refractivity contribution in [2.24, 2.45) is 0 Å². The topological polar surface area (TPSA) is 168 Å². The molecule has 0 aliphatic carbocycles. The van der Waals surface area contributed by atoms with Crippen molar-refractivity contribution in [1.82, 2.24) is 29.6 Å². The van der Waals surface area contributed by atoms with Crippen molar-refractivity contribution >= 4 is 72.2 Å². The van der Waals surface area contributed by atoms with Gasteiger partial charge in [0, 0.05) is 86.6 Å². The van der Waals surface area contributed by atoms with Crippen LogP contribution in [0, 0.1) is 13.8 Å². The first kappa shape index (κ1) is 69.0. The highest BCUT2D eigenvalue weighted by Gasteiger charge is 2.48. The number of hydrogen-bond acceptors (Lipinski definition) is 17. The van der Waals surface area contributed by atoms with Crippen LogP contribution in [-0.4, -0.2) is 182 Å². The molecule has 3 aliphatic heterocycles. The predicted octanol–water partition coefficient (Wildman–Crippen LogP) is 12.0. The number of ether oxygens (including phenoxy) is 5. The van der Waals surface area contributed by atoms with E-state index in [1.807, 2.05) is 105 Å². The lowest BCUT2D eigenvalue weighted by Crippen LogP contribution is -2.60. The van der Waals surface area contributed by atoms with Crippen LogP contribution >= 0.6 is 27.3 Å². The van der Waals surface area contributed by atoms with Crippen LogP contribution in [-0.2, 0) is 36.8 Å². The number of esters is 3. The number of halogens is 7. The summed E-state index contributed by atoms with van der Waals surface area (Å²) in [4.78, 5) is 68.6. The Balaban J connectivity index is 0.000000312. The van der Waals surface area contributed by atoms with E-state index < -0.39 is 54.5 Å². The fourth-order valence-corrected chi connectivity index (χ4v) is 12.3. The van der Waals surface area contributed by atoms with Crippen LogP contribution in [0.25, 0.3) is 21.3 Å². The maximum atomic E-state index is 14.0. The molecule has 1 amide bonds. The van der Waals surface area contributed by atoms with Crippen LogP contribution in [0.2, 0.25) is 0 Å². The van der Waals surface area contributed by atoms with Crippen LogP contribution in [0.15, 0.2) is 95.5 Å². The first-order valence-electron chi connectivity index (χ1n) is 30.0. The minimum atomic E-state index is -4.50. The maximum absolute atomic E-state index is 14.0. The van der Waals surface area contributed by atoms with Gasteiger partial charge < -0.3 is 38.4 Å². The molecule has 3 aliphatic rings. The molecule has 17 nitrogen and oxygen atoms in total. The van der Waals surface area contributed by atoms with E-state index in [1.54, 1.807) is 44.4 Å². The molecule has 0 bridgehead atoms. The number of benzene rings is 4. The van der Waals surface area contributed by atoms with Gasteiger partial charge in [-0.25, -0.2) is 14.8 Å². The van der Waals surface area contributed by atoms with Gasteiger partial charge in [0.15, 0.2) is 10.8 Å². The number of thiazole rings is 1. The number of fused-ring (bicyclic) bond motifs is 2. The number of carbonyl (C=O) groups excluding carboxylic acids is 4. The molecule has 5 heterocycles. The second kappa shape index (κ2) is 30.9. The standard InChI is InChI=1S/C46H51F3N6O6S.C19H26BrF3N2O3/c1-6-59-40(56)28-54-24-23-53(27-38(54)46(47,48)49)21-11-25-60-36-16-10-13-31(29(36)2)32-18-19-39(51-41(32)43(58)61-45(3,4)5)55-22-20-30-12-9-14-33(34(30)26-55)42(57)52-44-50-35-15-7-8-17-37(35)62-44;1-3-27-18(26)13-25-10-9-24(12-17(25)19(21,22)23)8-5-11-28-16-7-4-6-15(20)14(16)2/h7-10,12-19,38H,6,11,20-28H2,1-5H3,(H,50,52,57);4,6-7,17H,3,5,8-13H2,1-2H3/t38-;17-/m00/s1. The molecule has 2 fully saturated rings. The molecule has 2 aromatic heterocycles. The number of anilines is 2. The summed E-state index contributed by atoms with van der Waals surface area (Å²) >= 11 is 4.86. The molecule has 1 N–H and O–H groups in total. The normalized spacial score (nSPS) is 17.0. The minimum Gasteiger partial charge on any atom is -0.493 e. The molecule has 0 spiro atoms. The second-order valence-corrected chi connectivity index (χ2v) is 25.0. The van der Waals surface area contributed by atoms with Gasteiger partial charge in [-0.05, 0) is 139 Å². The Morgan fingerprint density at radius 3 is 1.82 bits per heavy atom. The smallest absolute Gasteiger partial charge is 0.405 e. The number of para-hydroxylation sites is 1. The number of rotatable bonds is 21. The molecule has 2 atom stereocenters. The molecule has 0 unspecified atom stereocenters. The molecule has 0 radical (unpaired) electrons. The molecule has 2 saturated heterocycles. The molecule has 9 rings (SSSR count). The van der Waals surface area contributed by atoms with Gasteiger partial charge in [0.2, 0.25) is 0 Å². The van der Waals surface area contributed by atoms with E-state index >= 15 is 0 Å². The largest absolute Gasteiger partial charge is 0.493 e. The molecule has 6 aromatic rings. The molecule has 25 heteroatoms. The van der Waals surface area contributed by atoms with Crippen LogP contribution in [0.5, 0.6) is 11.5 Å². The lowest BCUT2D eigenvalue weighted by atomic mass is 9.94. The van der Waals surface area contributed by atoms with Crippen molar-refractivity contribution < 1.29 is 69.2 Å². The Hall–Kier alpha value is -6.90. The van der Waals surface area contributed by atoms with Crippen molar-refractivity contribution in [2.75, 3.05) is 109 Å². The van der Waals surface area contributed by atoms with Gasteiger partial charge in [0.25, 0.3) is 5.91 Å². The molecule has 90 heavy (non-hydrogen) atoms. The van der Waals surface area contributed by atoms with E-state index in [2.05, 4.69) is 31.1 Å². The number of hydrogen-bond donors (Lipinski definition) is 1. The van der Waals surface area contributed by atoms with Gasteiger partial charge in [0.1, 0.15) is 35.0 Å². The quantitative estimate of drug-likeness (QED) is 0.0312. The van der Waals surface area contributed by atoms with Crippen molar-refractivity contribution in [3.63, 3.8) is 0 Å². The number of aromatic nitrogens is 2. The molecular weight excluding hydrogens is 1260 g/mol. The van der Waals surface area contributed by atoms with E-state index in [4.69, 9.17) is 28.7 Å². The van der Waals surface area contributed by atoms with Crippen LogP contribution in [0.4, 0.5) is 37.3 Å². The van der Waals surface area contributed by atoms with Gasteiger partial charge in [-0.3, -0.25) is 29.5 Å². The monoisotopic (exact) mass is 1340 g/mol. The van der Waals surface area contributed by atoms with E-state index in [-0.39, 0.29) is 64.1 Å². The summed E-state index contributed by atoms with van der Waals surface area (Å²) < 4.78 is 112. The summed E-state index contributed by atoms with van der Waals surface area (Å²) in [5.74, 6) is -0.242. The fraction of sp³-hybridized carbons (Fsp3) is 0.477. The minimum absolute atomic E-state index is 0.0901. The average Bonchev–Trinajstić information content (AvgIpc) is 1.03. The number of piperazine rings is 2. The number of nitrogens with one attached hydrogen (secondary N) is 1. The Kier molecular flexibility index (Phi) is 23.7. The fourth-order valence-electron chi connectivity index (χ4n) is 11.1. The van der Waals surface area contributed by atoms with E-state index in [0.717, 1.165) is 52.5 Å². The van der Waals surface area contributed by atoms with Gasteiger partial charge in [0.05, 0.1) is 49.7 Å². The zero-order chi connectivity index (χ0) is 64.9. The van der Waals surface area contributed by atoms with Crippen LogP contribution in [0.1, 0.15) is 90.6 Å². The van der Waals surface area contributed by atoms with Gasteiger partial charge >= 0.3 is 30.3 Å². The molecule has 4 aromatic carbocycles. The average molecular weight is 1340 g/mol. The van der Waals surface area contributed by atoms with Gasteiger partial charge in [-0.2, -0.15) is 26.3 Å². The van der Waals surface area contributed by atoms with Crippen LogP contribution < -0.4 is 19.7 Å². The number of alkyl halides is 6. The molecule has 486 valence electrons. The summed E-state index contributed by atoms with van der Waals surface area (Å²) in [6.07, 6.45) is -7.14. The van der Waals surface area contributed by atoms with Crippen molar-refractivity contribution in [3.05, 3.63) is 129 Å². The summed E-state index contributed by atoms with van der Waals surface area (Å²) in [5.41, 5.74) is 5.65. The molecular formula is C65H77BrF6N8O9S. The third-order valence-corrected chi connectivity index (χ3v) is 17.4. The van der Waals surface area contributed by atoms with Crippen molar-refractivity contribution in [1.29, 1.82) is 0 Å². The Morgan fingerprint density at radius 2 is 1.24 bits per heavy atom. The number of nitrogens with zero attached hydrogens (tertiary/aromatic N) is 7. The summed E-state index contributed by atoms with van der Waals surface area (Å²) in [7, 11) is 0. The first-order valence-corrected chi connectivity index (χ1v) is 31.7. The number of carbonyl (C=O) groups is 4. The van der Waals surface area contributed by atoms with E-state index in [1.165, 1.54) is 11.3 Å². The van der Waals surface area contributed by atoms with Crippen molar-refractivity contribution in [3.8, 4) is 22.6 Å². The zero-order valence-electron chi connectivity index (χ0n) is 51.6. The summed E-state index contributed by atoms with van der Waals surface area (Å²) in [5, 5.41) is 3.51. The lowest BCUT2D eigenvalue weighted by Gasteiger charge is -2.41. The third-order valence-electron chi connectivity index (χ3n) is 15.6.